The summed E-state index contributed by atoms with van der Waals surface area (Å²) in [4.78, 5) is 15.0. The molecule has 0 radical (unpaired) electrons. The number of hydrogen-bond donors (Lipinski definition) is 1. The Hall–Kier alpha value is -1.45. The predicted octanol–water partition coefficient (Wildman–Crippen LogP) is 4.90. The Bertz CT molecular complexity index is 770. The van der Waals surface area contributed by atoms with E-state index in [0.717, 1.165) is 28.8 Å². The highest BCUT2D eigenvalue weighted by Crippen LogP contribution is 2.46. The molecule has 2 aromatic rings. The van der Waals surface area contributed by atoms with E-state index < -0.39 is 0 Å². The van der Waals surface area contributed by atoms with Crippen molar-refractivity contribution >= 4 is 17.1 Å². The van der Waals surface area contributed by atoms with Crippen LogP contribution in [0, 0.1) is 12.3 Å². The van der Waals surface area contributed by atoms with E-state index in [1.165, 1.54) is 28.0 Å². The molecule has 2 N–H and O–H groups in total. The number of carbonyl (C=O) groups is 1. The molecule has 0 unspecified atom stereocenters. The Morgan fingerprint density at radius 3 is 2.74 bits per heavy atom. The Morgan fingerprint density at radius 1 is 1.35 bits per heavy atom. The number of rotatable bonds is 3. The summed E-state index contributed by atoms with van der Waals surface area (Å²) in [6.45, 7) is 8.96. The van der Waals surface area contributed by atoms with Crippen molar-refractivity contribution in [3.8, 4) is 10.4 Å². The number of nitrogens with two attached hydrogens (primary N) is 1. The Morgan fingerprint density at radius 2 is 2.09 bits per heavy atom. The molecule has 0 aliphatic heterocycles. The van der Waals surface area contributed by atoms with Crippen LogP contribution in [0.3, 0.4) is 0 Å². The van der Waals surface area contributed by atoms with Gasteiger partial charge >= 0.3 is 0 Å². The number of hydrogen-bond acceptors (Lipinski definition) is 3. The standard InChI is InChI=1S/C20H25NOS/c1-12-14(11-21)6-5-7-15(12)19-18(13(2)22)16-10-20(3,4)9-8-17(16)23-19/h5-7H,8-11,21H2,1-4H3. The van der Waals surface area contributed by atoms with Gasteiger partial charge < -0.3 is 5.73 Å². The molecule has 1 aliphatic rings. The van der Waals surface area contributed by atoms with Gasteiger partial charge in [-0.25, -0.2) is 0 Å². The molecule has 0 saturated heterocycles. The average Bonchev–Trinajstić information content (AvgIpc) is 2.84. The number of carbonyl (C=O) groups excluding carboxylic acids is 1. The van der Waals surface area contributed by atoms with E-state index in [-0.39, 0.29) is 11.2 Å². The van der Waals surface area contributed by atoms with Gasteiger partial charge in [-0.1, -0.05) is 32.0 Å². The molecule has 1 aromatic heterocycles. The minimum atomic E-state index is 0.188. The highest BCUT2D eigenvalue weighted by molar-refractivity contribution is 7.16. The van der Waals surface area contributed by atoms with Crippen molar-refractivity contribution in [1.29, 1.82) is 0 Å². The molecule has 1 aliphatic carbocycles. The summed E-state index contributed by atoms with van der Waals surface area (Å²) in [5.74, 6) is 0.188. The van der Waals surface area contributed by atoms with Gasteiger partial charge in [0.25, 0.3) is 0 Å². The van der Waals surface area contributed by atoms with Gasteiger partial charge in [0.15, 0.2) is 5.78 Å². The summed E-state index contributed by atoms with van der Waals surface area (Å²) in [5.41, 5.74) is 11.9. The normalized spacial score (nSPS) is 16.2. The van der Waals surface area contributed by atoms with Gasteiger partial charge in [0.1, 0.15) is 0 Å². The van der Waals surface area contributed by atoms with Crippen molar-refractivity contribution in [3.63, 3.8) is 0 Å². The van der Waals surface area contributed by atoms with Crippen LogP contribution < -0.4 is 5.73 Å². The molecule has 1 aromatic carbocycles. The molecule has 0 fully saturated rings. The molecular formula is C20H25NOS. The topological polar surface area (TPSA) is 43.1 Å². The first-order valence-corrected chi connectivity index (χ1v) is 9.10. The van der Waals surface area contributed by atoms with E-state index in [0.29, 0.717) is 6.54 Å². The van der Waals surface area contributed by atoms with Crippen molar-refractivity contribution in [2.24, 2.45) is 11.1 Å². The second kappa shape index (κ2) is 5.88. The largest absolute Gasteiger partial charge is 0.326 e. The lowest BCUT2D eigenvalue weighted by Crippen LogP contribution is -2.22. The van der Waals surface area contributed by atoms with Gasteiger partial charge in [-0.05, 0) is 60.8 Å². The molecule has 0 bridgehead atoms. The van der Waals surface area contributed by atoms with Crippen molar-refractivity contribution in [2.45, 2.75) is 53.5 Å². The van der Waals surface area contributed by atoms with Crippen molar-refractivity contribution in [3.05, 3.63) is 45.3 Å². The van der Waals surface area contributed by atoms with Crippen LogP contribution >= 0.6 is 11.3 Å². The quantitative estimate of drug-likeness (QED) is 0.815. The van der Waals surface area contributed by atoms with Crippen LogP contribution in [0.4, 0.5) is 0 Å². The zero-order valence-corrected chi connectivity index (χ0v) is 15.3. The SMILES string of the molecule is CC(=O)c1c(-c2cccc(CN)c2C)sc2c1CC(C)(C)CC2. The highest BCUT2D eigenvalue weighted by Gasteiger charge is 2.32. The van der Waals surface area contributed by atoms with E-state index in [4.69, 9.17) is 5.73 Å². The molecule has 3 rings (SSSR count). The number of ketones is 1. The van der Waals surface area contributed by atoms with Gasteiger partial charge in [-0.2, -0.15) is 0 Å². The maximum Gasteiger partial charge on any atom is 0.161 e. The third-order valence-electron chi connectivity index (χ3n) is 5.04. The van der Waals surface area contributed by atoms with E-state index in [1.54, 1.807) is 6.92 Å². The van der Waals surface area contributed by atoms with Crippen molar-refractivity contribution in [2.75, 3.05) is 0 Å². The lowest BCUT2D eigenvalue weighted by Gasteiger charge is -2.29. The summed E-state index contributed by atoms with van der Waals surface area (Å²) in [6.07, 6.45) is 3.28. The lowest BCUT2D eigenvalue weighted by atomic mass is 9.75. The first-order chi connectivity index (χ1) is 10.8. The van der Waals surface area contributed by atoms with E-state index in [1.807, 2.05) is 11.3 Å². The predicted molar refractivity (Wildman–Crippen MR) is 98.2 cm³/mol. The zero-order chi connectivity index (χ0) is 16.8. The van der Waals surface area contributed by atoms with Crippen LogP contribution in [0.1, 0.15) is 59.1 Å². The summed E-state index contributed by atoms with van der Waals surface area (Å²) in [6, 6.07) is 6.25. The molecule has 122 valence electrons. The monoisotopic (exact) mass is 327 g/mol. The summed E-state index contributed by atoms with van der Waals surface area (Å²) >= 11 is 1.82. The van der Waals surface area contributed by atoms with Crippen LogP contribution in [0.25, 0.3) is 10.4 Å². The smallest absolute Gasteiger partial charge is 0.161 e. The second-order valence-electron chi connectivity index (χ2n) is 7.40. The Kier molecular flexibility index (Phi) is 4.19. The average molecular weight is 327 g/mol. The first kappa shape index (κ1) is 16.4. The number of fused-ring (bicyclic) bond motifs is 1. The highest BCUT2D eigenvalue weighted by atomic mass is 32.1. The van der Waals surface area contributed by atoms with E-state index in [9.17, 15) is 4.79 Å². The van der Waals surface area contributed by atoms with Crippen LogP contribution in [0.2, 0.25) is 0 Å². The molecule has 0 spiro atoms. The van der Waals surface area contributed by atoms with Gasteiger partial charge in [-0.3, -0.25) is 4.79 Å². The summed E-state index contributed by atoms with van der Waals surface area (Å²) in [5, 5.41) is 0. The molecule has 3 heteroatoms. The van der Waals surface area contributed by atoms with Crippen LogP contribution in [-0.4, -0.2) is 5.78 Å². The molecule has 0 amide bonds. The Labute approximate surface area is 142 Å². The van der Waals surface area contributed by atoms with Gasteiger partial charge in [0.05, 0.1) is 0 Å². The second-order valence-corrected chi connectivity index (χ2v) is 8.50. The van der Waals surface area contributed by atoms with Crippen LogP contribution in [-0.2, 0) is 19.4 Å². The van der Waals surface area contributed by atoms with Crippen molar-refractivity contribution < 1.29 is 4.79 Å². The maximum atomic E-state index is 12.4. The third-order valence-corrected chi connectivity index (χ3v) is 6.36. The molecule has 0 atom stereocenters. The minimum absolute atomic E-state index is 0.188. The molecule has 23 heavy (non-hydrogen) atoms. The first-order valence-electron chi connectivity index (χ1n) is 8.28. The fourth-order valence-corrected chi connectivity index (χ4v) is 5.08. The van der Waals surface area contributed by atoms with Crippen molar-refractivity contribution in [1.82, 2.24) is 0 Å². The molecular weight excluding hydrogens is 302 g/mol. The Balaban J connectivity index is 2.22. The maximum absolute atomic E-state index is 12.4. The van der Waals surface area contributed by atoms with Gasteiger partial charge in [0, 0.05) is 21.9 Å². The summed E-state index contributed by atoms with van der Waals surface area (Å²) < 4.78 is 0. The third kappa shape index (κ3) is 2.88. The lowest BCUT2D eigenvalue weighted by molar-refractivity contribution is 0.101. The zero-order valence-electron chi connectivity index (χ0n) is 14.5. The van der Waals surface area contributed by atoms with Gasteiger partial charge in [-0.15, -0.1) is 11.3 Å². The summed E-state index contributed by atoms with van der Waals surface area (Å²) in [7, 11) is 0. The molecule has 2 nitrogen and oxygen atoms in total. The minimum Gasteiger partial charge on any atom is -0.326 e. The van der Waals surface area contributed by atoms with Gasteiger partial charge in [0.2, 0.25) is 0 Å². The number of aryl methyl sites for hydroxylation is 1. The fourth-order valence-electron chi connectivity index (χ4n) is 3.63. The molecule has 1 heterocycles. The number of thiophene rings is 1. The van der Waals surface area contributed by atoms with E-state index >= 15 is 0 Å². The number of benzene rings is 1. The molecule has 0 saturated carbocycles. The van der Waals surface area contributed by atoms with Crippen LogP contribution in [0.15, 0.2) is 18.2 Å². The fraction of sp³-hybridized carbons (Fsp3) is 0.450. The van der Waals surface area contributed by atoms with Crippen LogP contribution in [0.5, 0.6) is 0 Å². The van der Waals surface area contributed by atoms with E-state index in [2.05, 4.69) is 39.0 Å². The number of Topliss-reactive ketones (excluding diaryl/α,β-unsaturated/α-hetero) is 1.